The Morgan fingerprint density at radius 2 is 2.05 bits per heavy atom. The van der Waals surface area contributed by atoms with Crippen molar-refractivity contribution in [3.63, 3.8) is 0 Å². The van der Waals surface area contributed by atoms with E-state index in [0.717, 1.165) is 31.4 Å². The fraction of sp³-hybridized carbons (Fsp3) is 0.533. The normalized spacial score (nSPS) is 21.6. The van der Waals surface area contributed by atoms with E-state index in [1.165, 1.54) is 6.07 Å². The van der Waals surface area contributed by atoms with Crippen molar-refractivity contribution in [3.8, 4) is 6.07 Å². The molecule has 0 aliphatic heterocycles. The van der Waals surface area contributed by atoms with Gasteiger partial charge in [0, 0.05) is 30.9 Å². The Kier molecular flexibility index (Phi) is 4.76. The molecular formula is C15H20N4O2. The van der Waals surface area contributed by atoms with Gasteiger partial charge in [-0.05, 0) is 44.9 Å². The van der Waals surface area contributed by atoms with Crippen LogP contribution in [-0.2, 0) is 0 Å². The van der Waals surface area contributed by atoms with Crippen LogP contribution in [0.2, 0.25) is 0 Å². The number of nitrogens with zero attached hydrogens (tertiary/aromatic N) is 3. The van der Waals surface area contributed by atoms with Gasteiger partial charge in [-0.2, -0.15) is 5.26 Å². The first-order valence-electron chi connectivity index (χ1n) is 7.15. The number of hydrogen-bond acceptors (Lipinski definition) is 5. The summed E-state index contributed by atoms with van der Waals surface area (Å²) in [6, 6.07) is 7.68. The van der Waals surface area contributed by atoms with Crippen LogP contribution in [0.25, 0.3) is 0 Å². The third kappa shape index (κ3) is 3.31. The SMILES string of the molecule is CNC1CCC(N(C)c2ccc([N+](=O)[O-])c(C#N)c2)CC1. The van der Waals surface area contributed by atoms with Crippen LogP contribution in [0.15, 0.2) is 18.2 Å². The highest BCUT2D eigenvalue weighted by Crippen LogP contribution is 2.29. The zero-order valence-corrected chi connectivity index (χ0v) is 12.4. The van der Waals surface area contributed by atoms with Gasteiger partial charge in [0.2, 0.25) is 0 Å². The molecule has 1 saturated carbocycles. The molecule has 1 aromatic rings. The summed E-state index contributed by atoms with van der Waals surface area (Å²) < 4.78 is 0. The average molecular weight is 288 g/mol. The zero-order chi connectivity index (χ0) is 15.4. The van der Waals surface area contributed by atoms with Gasteiger partial charge in [0.1, 0.15) is 11.6 Å². The highest BCUT2D eigenvalue weighted by atomic mass is 16.6. The lowest BCUT2D eigenvalue weighted by Gasteiger charge is -2.36. The first kappa shape index (κ1) is 15.3. The summed E-state index contributed by atoms with van der Waals surface area (Å²) in [5.74, 6) is 0. The molecule has 0 aromatic heterocycles. The van der Waals surface area contributed by atoms with Gasteiger partial charge in [0.05, 0.1) is 4.92 Å². The van der Waals surface area contributed by atoms with Gasteiger partial charge in [-0.15, -0.1) is 0 Å². The molecule has 0 amide bonds. The molecule has 0 spiro atoms. The molecule has 21 heavy (non-hydrogen) atoms. The van der Waals surface area contributed by atoms with E-state index in [9.17, 15) is 10.1 Å². The second-order valence-electron chi connectivity index (χ2n) is 5.48. The van der Waals surface area contributed by atoms with Gasteiger partial charge >= 0.3 is 0 Å². The standard InChI is InChI=1S/C15H20N4O2/c1-17-12-3-5-13(6-4-12)18(2)14-7-8-15(19(20)21)11(9-14)10-16/h7-9,12-13,17H,3-6H2,1-2H3. The van der Waals surface area contributed by atoms with E-state index in [0.29, 0.717) is 12.1 Å². The Balaban J connectivity index is 2.15. The fourth-order valence-electron chi connectivity index (χ4n) is 2.95. The third-order valence-electron chi connectivity index (χ3n) is 4.36. The maximum atomic E-state index is 10.9. The summed E-state index contributed by atoms with van der Waals surface area (Å²) in [6.07, 6.45) is 4.43. The molecule has 0 heterocycles. The Morgan fingerprint density at radius 1 is 1.38 bits per heavy atom. The molecule has 1 fully saturated rings. The topological polar surface area (TPSA) is 82.2 Å². The van der Waals surface area contributed by atoms with Crippen LogP contribution in [0, 0.1) is 21.4 Å². The van der Waals surface area contributed by atoms with Crippen molar-refractivity contribution in [2.45, 2.75) is 37.8 Å². The van der Waals surface area contributed by atoms with Crippen LogP contribution in [0.1, 0.15) is 31.2 Å². The molecule has 6 nitrogen and oxygen atoms in total. The lowest BCUT2D eigenvalue weighted by atomic mass is 9.90. The van der Waals surface area contributed by atoms with Crippen molar-refractivity contribution in [2.24, 2.45) is 0 Å². The van der Waals surface area contributed by atoms with Crippen LogP contribution < -0.4 is 10.2 Å². The van der Waals surface area contributed by atoms with Crippen LogP contribution in [0.4, 0.5) is 11.4 Å². The van der Waals surface area contributed by atoms with Gasteiger partial charge in [-0.25, -0.2) is 0 Å². The molecule has 1 N–H and O–H groups in total. The van der Waals surface area contributed by atoms with Crippen molar-refractivity contribution >= 4 is 11.4 Å². The summed E-state index contributed by atoms with van der Waals surface area (Å²) in [6.45, 7) is 0. The summed E-state index contributed by atoms with van der Waals surface area (Å²) >= 11 is 0. The minimum Gasteiger partial charge on any atom is -0.372 e. The van der Waals surface area contributed by atoms with Gasteiger partial charge < -0.3 is 10.2 Å². The zero-order valence-electron chi connectivity index (χ0n) is 12.4. The number of nitrogens with one attached hydrogen (secondary N) is 1. The Hall–Kier alpha value is -2.13. The van der Waals surface area contributed by atoms with E-state index in [2.05, 4.69) is 10.2 Å². The second-order valence-corrected chi connectivity index (χ2v) is 5.48. The lowest BCUT2D eigenvalue weighted by Crippen LogP contribution is -2.39. The van der Waals surface area contributed by atoms with Gasteiger partial charge in [0.25, 0.3) is 5.69 Å². The highest BCUT2D eigenvalue weighted by Gasteiger charge is 2.24. The van der Waals surface area contributed by atoms with Crippen LogP contribution in [0.5, 0.6) is 0 Å². The highest BCUT2D eigenvalue weighted by molar-refractivity contribution is 5.60. The molecule has 1 aliphatic carbocycles. The molecule has 0 bridgehead atoms. The maximum Gasteiger partial charge on any atom is 0.287 e. The fourth-order valence-corrected chi connectivity index (χ4v) is 2.95. The minimum atomic E-state index is -0.513. The summed E-state index contributed by atoms with van der Waals surface area (Å²) in [4.78, 5) is 12.5. The largest absolute Gasteiger partial charge is 0.372 e. The predicted octanol–water partition coefficient (Wildman–Crippen LogP) is 2.43. The molecular weight excluding hydrogens is 268 g/mol. The van der Waals surface area contributed by atoms with E-state index in [1.807, 2.05) is 20.2 Å². The Bertz CT molecular complexity index is 559. The lowest BCUT2D eigenvalue weighted by molar-refractivity contribution is -0.385. The summed E-state index contributed by atoms with van der Waals surface area (Å²) in [7, 11) is 3.98. The molecule has 0 atom stereocenters. The average Bonchev–Trinajstić information content (AvgIpc) is 2.53. The van der Waals surface area contributed by atoms with Gasteiger partial charge in [-0.3, -0.25) is 10.1 Å². The van der Waals surface area contributed by atoms with Crippen molar-refractivity contribution in [1.82, 2.24) is 5.32 Å². The smallest absolute Gasteiger partial charge is 0.287 e. The molecule has 1 aliphatic rings. The van der Waals surface area contributed by atoms with Crippen molar-refractivity contribution in [3.05, 3.63) is 33.9 Å². The molecule has 112 valence electrons. The van der Waals surface area contributed by atoms with Crippen molar-refractivity contribution < 1.29 is 4.92 Å². The van der Waals surface area contributed by atoms with Gasteiger partial charge in [0.15, 0.2) is 0 Å². The molecule has 2 rings (SSSR count). The number of rotatable bonds is 4. The number of nitro benzene ring substituents is 1. The van der Waals surface area contributed by atoms with Crippen LogP contribution in [0.3, 0.4) is 0 Å². The number of nitro groups is 1. The van der Waals surface area contributed by atoms with E-state index in [-0.39, 0.29) is 11.3 Å². The molecule has 1 aromatic carbocycles. The number of anilines is 1. The van der Waals surface area contributed by atoms with E-state index in [4.69, 9.17) is 5.26 Å². The Labute approximate surface area is 124 Å². The van der Waals surface area contributed by atoms with Crippen molar-refractivity contribution in [1.29, 1.82) is 5.26 Å². The number of hydrogen-bond donors (Lipinski definition) is 1. The monoisotopic (exact) mass is 288 g/mol. The summed E-state index contributed by atoms with van der Waals surface area (Å²) in [5.41, 5.74) is 0.854. The third-order valence-corrected chi connectivity index (χ3v) is 4.36. The predicted molar refractivity (Wildman–Crippen MR) is 81.3 cm³/mol. The minimum absolute atomic E-state index is 0.119. The van der Waals surface area contributed by atoms with Gasteiger partial charge in [-0.1, -0.05) is 0 Å². The number of benzene rings is 1. The van der Waals surface area contributed by atoms with E-state index >= 15 is 0 Å². The van der Waals surface area contributed by atoms with Crippen molar-refractivity contribution in [2.75, 3.05) is 19.0 Å². The Morgan fingerprint density at radius 3 is 2.57 bits per heavy atom. The summed E-state index contributed by atoms with van der Waals surface area (Å²) in [5, 5.41) is 23.2. The van der Waals surface area contributed by atoms with Crippen LogP contribution in [-0.4, -0.2) is 31.1 Å². The molecule has 0 saturated heterocycles. The first-order chi connectivity index (χ1) is 10.1. The molecule has 0 unspecified atom stereocenters. The number of nitriles is 1. The molecule has 0 radical (unpaired) electrons. The van der Waals surface area contributed by atoms with E-state index < -0.39 is 4.92 Å². The second kappa shape index (κ2) is 6.55. The maximum absolute atomic E-state index is 10.9. The molecule has 6 heteroatoms. The van der Waals surface area contributed by atoms with E-state index in [1.54, 1.807) is 12.1 Å². The van der Waals surface area contributed by atoms with Crippen LogP contribution >= 0.6 is 0 Å². The quantitative estimate of drug-likeness (QED) is 0.679. The first-order valence-corrected chi connectivity index (χ1v) is 7.15.